The number of pyridine rings is 1. The molecule has 0 spiro atoms. The number of rotatable bonds is 3. The normalized spacial score (nSPS) is 10.1. The Kier molecular flexibility index (Phi) is 4.88. The molecule has 0 aliphatic rings. The molecule has 2 heterocycles. The third-order valence-corrected chi connectivity index (χ3v) is 3.46. The summed E-state index contributed by atoms with van der Waals surface area (Å²) in [6.07, 6.45) is 3.37. The molecule has 0 aliphatic heterocycles. The Bertz CT molecular complexity index is 945. The van der Waals surface area contributed by atoms with E-state index in [1.807, 2.05) is 36.4 Å². The lowest BCUT2D eigenvalue weighted by Crippen LogP contribution is -2.05. The van der Waals surface area contributed by atoms with Crippen LogP contribution in [0, 0.1) is 11.8 Å². The van der Waals surface area contributed by atoms with E-state index in [0.717, 1.165) is 16.7 Å². The van der Waals surface area contributed by atoms with Crippen LogP contribution in [0.3, 0.4) is 0 Å². The second-order valence-corrected chi connectivity index (χ2v) is 5.32. The monoisotopic (exact) mass is 331 g/mol. The highest BCUT2D eigenvalue weighted by atomic mass is 16.5. The highest BCUT2D eigenvalue weighted by molar-refractivity contribution is 5.74. The summed E-state index contributed by atoms with van der Waals surface area (Å²) in [6, 6.07) is 11.5. The maximum absolute atomic E-state index is 6.05. The van der Waals surface area contributed by atoms with Gasteiger partial charge in [-0.2, -0.15) is 4.98 Å². The SMILES string of the molecule is COCc1cccc(-c2nc(N)nc(N)c2C#Cc2cccnc2)c1. The van der Waals surface area contributed by atoms with E-state index >= 15 is 0 Å². The van der Waals surface area contributed by atoms with Crippen molar-refractivity contribution in [3.05, 3.63) is 65.5 Å². The topological polar surface area (TPSA) is 99.9 Å². The summed E-state index contributed by atoms with van der Waals surface area (Å²) >= 11 is 0. The second kappa shape index (κ2) is 7.43. The molecule has 6 heteroatoms. The molecule has 124 valence electrons. The Balaban J connectivity index is 2.11. The van der Waals surface area contributed by atoms with Crippen LogP contribution in [-0.2, 0) is 11.3 Å². The highest BCUT2D eigenvalue weighted by Gasteiger charge is 2.12. The smallest absolute Gasteiger partial charge is 0.222 e. The number of methoxy groups -OCH3 is 1. The van der Waals surface area contributed by atoms with Gasteiger partial charge < -0.3 is 16.2 Å². The third-order valence-electron chi connectivity index (χ3n) is 3.46. The van der Waals surface area contributed by atoms with E-state index in [1.54, 1.807) is 19.5 Å². The number of hydrogen-bond acceptors (Lipinski definition) is 6. The molecule has 0 radical (unpaired) electrons. The zero-order valence-corrected chi connectivity index (χ0v) is 13.7. The Morgan fingerprint density at radius 3 is 2.72 bits per heavy atom. The molecule has 6 nitrogen and oxygen atoms in total. The van der Waals surface area contributed by atoms with Gasteiger partial charge in [-0.3, -0.25) is 4.98 Å². The van der Waals surface area contributed by atoms with Gasteiger partial charge in [-0.1, -0.05) is 30.0 Å². The predicted octanol–water partition coefficient (Wildman–Crippen LogP) is 2.25. The molecule has 0 fully saturated rings. The molecule has 0 bridgehead atoms. The fraction of sp³-hybridized carbons (Fsp3) is 0.105. The van der Waals surface area contributed by atoms with Crippen LogP contribution in [0.4, 0.5) is 11.8 Å². The van der Waals surface area contributed by atoms with Crippen molar-refractivity contribution >= 4 is 11.8 Å². The van der Waals surface area contributed by atoms with Gasteiger partial charge in [0.05, 0.1) is 17.9 Å². The average molecular weight is 331 g/mol. The van der Waals surface area contributed by atoms with Crippen LogP contribution in [0.15, 0.2) is 48.8 Å². The van der Waals surface area contributed by atoms with Gasteiger partial charge in [0.15, 0.2) is 0 Å². The standard InChI is InChI=1S/C19H17N5O/c1-25-12-14-4-2-6-15(10-14)17-16(18(20)24-19(21)23-17)8-7-13-5-3-9-22-11-13/h2-6,9-11H,12H2,1H3,(H4,20,21,23,24). The maximum Gasteiger partial charge on any atom is 0.222 e. The molecule has 3 rings (SSSR count). The summed E-state index contributed by atoms with van der Waals surface area (Å²) in [6.45, 7) is 0.501. The van der Waals surface area contributed by atoms with E-state index in [4.69, 9.17) is 16.2 Å². The Morgan fingerprint density at radius 1 is 1.08 bits per heavy atom. The molecule has 25 heavy (non-hydrogen) atoms. The molecule has 4 N–H and O–H groups in total. The zero-order chi connectivity index (χ0) is 17.6. The second-order valence-electron chi connectivity index (χ2n) is 5.32. The minimum absolute atomic E-state index is 0.108. The lowest BCUT2D eigenvalue weighted by Gasteiger charge is -2.09. The largest absolute Gasteiger partial charge is 0.382 e. The van der Waals surface area contributed by atoms with Crippen LogP contribution in [-0.4, -0.2) is 22.1 Å². The van der Waals surface area contributed by atoms with Crippen LogP contribution >= 0.6 is 0 Å². The van der Waals surface area contributed by atoms with Crippen molar-refractivity contribution < 1.29 is 4.74 Å². The summed E-state index contributed by atoms with van der Waals surface area (Å²) < 4.78 is 5.18. The van der Waals surface area contributed by atoms with Crippen molar-refractivity contribution in [1.82, 2.24) is 15.0 Å². The first-order valence-corrected chi connectivity index (χ1v) is 7.60. The fourth-order valence-electron chi connectivity index (χ4n) is 2.37. The summed E-state index contributed by atoms with van der Waals surface area (Å²) in [5.41, 5.74) is 15.6. The van der Waals surface area contributed by atoms with Gasteiger partial charge in [-0.25, -0.2) is 4.98 Å². The molecule has 0 saturated carbocycles. The van der Waals surface area contributed by atoms with Gasteiger partial charge in [-0.15, -0.1) is 0 Å². The minimum Gasteiger partial charge on any atom is -0.382 e. The molecule has 0 unspecified atom stereocenters. The number of anilines is 2. The molecule has 0 amide bonds. The average Bonchev–Trinajstić information content (AvgIpc) is 2.62. The van der Waals surface area contributed by atoms with Crippen LogP contribution in [0.2, 0.25) is 0 Å². The summed E-state index contributed by atoms with van der Waals surface area (Å²) in [5.74, 6) is 6.44. The van der Waals surface area contributed by atoms with Crippen molar-refractivity contribution in [3.8, 4) is 23.1 Å². The molecule has 2 aromatic heterocycles. The van der Waals surface area contributed by atoms with Crippen LogP contribution in [0.25, 0.3) is 11.3 Å². The Hall–Kier alpha value is -3.43. The predicted molar refractivity (Wildman–Crippen MR) is 97.2 cm³/mol. The van der Waals surface area contributed by atoms with Crippen molar-refractivity contribution in [2.24, 2.45) is 0 Å². The van der Waals surface area contributed by atoms with E-state index in [0.29, 0.717) is 17.9 Å². The van der Waals surface area contributed by atoms with Gasteiger partial charge >= 0.3 is 0 Å². The van der Waals surface area contributed by atoms with E-state index in [9.17, 15) is 0 Å². The first-order chi connectivity index (χ1) is 12.2. The van der Waals surface area contributed by atoms with Crippen molar-refractivity contribution in [2.75, 3.05) is 18.6 Å². The van der Waals surface area contributed by atoms with Gasteiger partial charge in [-0.05, 0) is 23.8 Å². The number of benzene rings is 1. The zero-order valence-electron chi connectivity index (χ0n) is 13.7. The Labute approximate surface area is 145 Å². The van der Waals surface area contributed by atoms with Gasteiger partial charge in [0.25, 0.3) is 0 Å². The highest BCUT2D eigenvalue weighted by Crippen LogP contribution is 2.26. The molecule has 1 aromatic carbocycles. The van der Waals surface area contributed by atoms with Crippen LogP contribution in [0.1, 0.15) is 16.7 Å². The van der Waals surface area contributed by atoms with Gasteiger partial charge in [0.2, 0.25) is 5.95 Å². The minimum atomic E-state index is 0.108. The Morgan fingerprint density at radius 2 is 1.96 bits per heavy atom. The number of aromatic nitrogens is 3. The summed E-state index contributed by atoms with van der Waals surface area (Å²) in [7, 11) is 1.65. The fourth-order valence-corrected chi connectivity index (χ4v) is 2.37. The van der Waals surface area contributed by atoms with E-state index in [2.05, 4.69) is 26.8 Å². The van der Waals surface area contributed by atoms with E-state index < -0.39 is 0 Å². The quantitative estimate of drug-likeness (QED) is 0.714. The number of nitrogen functional groups attached to an aromatic ring is 2. The van der Waals surface area contributed by atoms with E-state index in [1.165, 1.54) is 0 Å². The van der Waals surface area contributed by atoms with Crippen molar-refractivity contribution in [1.29, 1.82) is 0 Å². The summed E-state index contributed by atoms with van der Waals surface area (Å²) in [5, 5.41) is 0. The van der Waals surface area contributed by atoms with Gasteiger partial charge in [0.1, 0.15) is 5.82 Å². The lowest BCUT2D eigenvalue weighted by molar-refractivity contribution is 0.185. The molecule has 0 aliphatic carbocycles. The number of nitrogens with zero attached hydrogens (tertiary/aromatic N) is 3. The van der Waals surface area contributed by atoms with Crippen LogP contribution < -0.4 is 11.5 Å². The lowest BCUT2D eigenvalue weighted by atomic mass is 10.0. The van der Waals surface area contributed by atoms with Crippen molar-refractivity contribution in [3.63, 3.8) is 0 Å². The van der Waals surface area contributed by atoms with E-state index in [-0.39, 0.29) is 11.8 Å². The molecule has 0 saturated heterocycles. The summed E-state index contributed by atoms with van der Waals surface area (Å²) in [4.78, 5) is 12.4. The maximum atomic E-state index is 6.05. The first kappa shape index (κ1) is 16.4. The number of ether oxygens (including phenoxy) is 1. The first-order valence-electron chi connectivity index (χ1n) is 7.60. The third kappa shape index (κ3) is 3.91. The van der Waals surface area contributed by atoms with Crippen molar-refractivity contribution in [2.45, 2.75) is 6.61 Å². The molecular weight excluding hydrogens is 314 g/mol. The van der Waals surface area contributed by atoms with Crippen LogP contribution in [0.5, 0.6) is 0 Å². The molecule has 0 atom stereocenters. The van der Waals surface area contributed by atoms with Gasteiger partial charge in [0, 0.05) is 30.6 Å². The molecular formula is C19H17N5O. The molecule has 3 aromatic rings. The number of hydrogen-bond donors (Lipinski definition) is 2. The number of nitrogens with two attached hydrogens (primary N) is 2.